The van der Waals surface area contributed by atoms with Crippen LogP contribution in [0.1, 0.15) is 31.9 Å². The standard InChI is InChI=1S/C16H23Cl2N3O/c1-3-20-7-4-8-21(10-9-20)16(22)19-12(2)14-11-13(17)5-6-15(14)18/h5-6,11-12H,3-4,7-10H2,1-2H3,(H,19,22)/t12-/m1/s1. The molecule has 1 heterocycles. The van der Waals surface area contributed by atoms with E-state index in [1.807, 2.05) is 11.8 Å². The lowest BCUT2D eigenvalue weighted by Gasteiger charge is -2.24. The Morgan fingerprint density at radius 3 is 2.77 bits per heavy atom. The van der Waals surface area contributed by atoms with E-state index in [-0.39, 0.29) is 12.1 Å². The number of rotatable bonds is 3. The third kappa shape index (κ3) is 4.51. The van der Waals surface area contributed by atoms with Crippen molar-refractivity contribution in [2.75, 3.05) is 32.7 Å². The second-order valence-corrected chi connectivity index (χ2v) is 6.46. The maximum absolute atomic E-state index is 12.4. The number of nitrogens with one attached hydrogen (secondary N) is 1. The molecule has 0 bridgehead atoms. The van der Waals surface area contributed by atoms with Gasteiger partial charge in [-0.3, -0.25) is 0 Å². The molecule has 1 aliphatic rings. The Hall–Kier alpha value is -0.970. The highest BCUT2D eigenvalue weighted by atomic mass is 35.5. The SMILES string of the molecule is CCN1CCCN(C(=O)N[C@H](C)c2cc(Cl)ccc2Cl)CC1. The highest BCUT2D eigenvalue weighted by Crippen LogP contribution is 2.26. The molecule has 1 N–H and O–H groups in total. The molecule has 0 spiro atoms. The minimum absolute atomic E-state index is 0.0403. The van der Waals surface area contributed by atoms with Gasteiger partial charge in [-0.25, -0.2) is 4.79 Å². The number of carbonyl (C=O) groups is 1. The Bertz CT molecular complexity index is 524. The molecule has 1 aromatic rings. The zero-order chi connectivity index (χ0) is 16.1. The number of halogens is 2. The minimum Gasteiger partial charge on any atom is -0.331 e. The minimum atomic E-state index is -0.177. The maximum Gasteiger partial charge on any atom is 0.317 e. The first-order valence-electron chi connectivity index (χ1n) is 7.74. The highest BCUT2D eigenvalue weighted by molar-refractivity contribution is 6.33. The summed E-state index contributed by atoms with van der Waals surface area (Å²) in [6.45, 7) is 8.63. The molecule has 1 saturated heterocycles. The number of hydrogen-bond acceptors (Lipinski definition) is 2. The predicted octanol–water partition coefficient (Wildman–Crippen LogP) is 3.79. The van der Waals surface area contributed by atoms with Gasteiger partial charge in [0.1, 0.15) is 0 Å². The van der Waals surface area contributed by atoms with Gasteiger partial charge in [0.25, 0.3) is 0 Å². The average molecular weight is 344 g/mol. The zero-order valence-electron chi connectivity index (χ0n) is 13.1. The van der Waals surface area contributed by atoms with Crippen LogP contribution >= 0.6 is 23.2 Å². The zero-order valence-corrected chi connectivity index (χ0v) is 14.6. The van der Waals surface area contributed by atoms with Crippen LogP contribution < -0.4 is 5.32 Å². The van der Waals surface area contributed by atoms with E-state index < -0.39 is 0 Å². The van der Waals surface area contributed by atoms with E-state index in [2.05, 4.69) is 17.1 Å². The van der Waals surface area contributed by atoms with Crippen molar-refractivity contribution in [3.05, 3.63) is 33.8 Å². The summed E-state index contributed by atoms with van der Waals surface area (Å²) in [5.74, 6) is 0. The fourth-order valence-corrected chi connectivity index (χ4v) is 3.15. The molecule has 122 valence electrons. The van der Waals surface area contributed by atoms with Crippen molar-refractivity contribution in [2.45, 2.75) is 26.3 Å². The van der Waals surface area contributed by atoms with Crippen molar-refractivity contribution >= 4 is 29.2 Å². The van der Waals surface area contributed by atoms with Crippen LogP contribution in [0.2, 0.25) is 10.0 Å². The van der Waals surface area contributed by atoms with Gasteiger partial charge in [0.15, 0.2) is 0 Å². The Kier molecular flexibility index (Phi) is 6.36. The van der Waals surface area contributed by atoms with Crippen LogP contribution in [-0.2, 0) is 0 Å². The van der Waals surface area contributed by atoms with Gasteiger partial charge in [-0.1, -0.05) is 30.1 Å². The second-order valence-electron chi connectivity index (χ2n) is 5.61. The number of urea groups is 1. The van der Waals surface area contributed by atoms with Gasteiger partial charge in [0.2, 0.25) is 0 Å². The van der Waals surface area contributed by atoms with Crippen molar-refractivity contribution in [1.29, 1.82) is 0 Å². The van der Waals surface area contributed by atoms with Crippen molar-refractivity contribution in [2.24, 2.45) is 0 Å². The van der Waals surface area contributed by atoms with E-state index in [9.17, 15) is 4.79 Å². The van der Waals surface area contributed by atoms with Crippen molar-refractivity contribution in [3.63, 3.8) is 0 Å². The first-order chi connectivity index (χ1) is 10.5. The first-order valence-corrected chi connectivity index (χ1v) is 8.49. The lowest BCUT2D eigenvalue weighted by molar-refractivity contribution is 0.195. The molecule has 1 aliphatic heterocycles. The maximum atomic E-state index is 12.4. The van der Waals surface area contributed by atoms with Crippen LogP contribution in [0.5, 0.6) is 0 Å². The van der Waals surface area contributed by atoms with Crippen LogP contribution in [0.15, 0.2) is 18.2 Å². The summed E-state index contributed by atoms with van der Waals surface area (Å²) in [6, 6.07) is 5.09. The number of amides is 2. The quantitative estimate of drug-likeness (QED) is 0.906. The molecule has 6 heteroatoms. The molecule has 0 aromatic heterocycles. The molecule has 2 rings (SSSR count). The van der Waals surface area contributed by atoms with Crippen LogP contribution in [0.3, 0.4) is 0 Å². The summed E-state index contributed by atoms with van der Waals surface area (Å²) in [5.41, 5.74) is 0.840. The average Bonchev–Trinajstić information content (AvgIpc) is 2.75. The molecule has 22 heavy (non-hydrogen) atoms. The number of benzene rings is 1. The van der Waals surface area contributed by atoms with Crippen molar-refractivity contribution in [1.82, 2.24) is 15.1 Å². The topological polar surface area (TPSA) is 35.6 Å². The Morgan fingerprint density at radius 2 is 2.05 bits per heavy atom. The normalized spacial score (nSPS) is 17.9. The van der Waals surface area contributed by atoms with Crippen LogP contribution in [0.4, 0.5) is 4.79 Å². The van der Waals surface area contributed by atoms with Gasteiger partial charge in [0, 0.05) is 29.7 Å². The molecular formula is C16H23Cl2N3O. The molecule has 1 aromatic carbocycles. The van der Waals surface area contributed by atoms with E-state index in [4.69, 9.17) is 23.2 Å². The van der Waals surface area contributed by atoms with E-state index >= 15 is 0 Å². The molecule has 0 saturated carbocycles. The summed E-state index contributed by atoms with van der Waals surface area (Å²) in [6.07, 6.45) is 1.01. The fraction of sp³-hybridized carbons (Fsp3) is 0.562. The fourth-order valence-electron chi connectivity index (χ4n) is 2.69. The lowest BCUT2D eigenvalue weighted by Crippen LogP contribution is -2.43. The van der Waals surface area contributed by atoms with Crippen LogP contribution in [0.25, 0.3) is 0 Å². The predicted molar refractivity (Wildman–Crippen MR) is 91.7 cm³/mol. The molecule has 0 radical (unpaired) electrons. The van der Waals surface area contributed by atoms with E-state index in [1.54, 1.807) is 18.2 Å². The first kappa shape index (κ1) is 17.4. The smallest absolute Gasteiger partial charge is 0.317 e. The molecule has 1 fully saturated rings. The van der Waals surface area contributed by atoms with Crippen molar-refractivity contribution < 1.29 is 4.79 Å². The summed E-state index contributed by atoms with van der Waals surface area (Å²) >= 11 is 12.2. The Morgan fingerprint density at radius 1 is 1.27 bits per heavy atom. The van der Waals surface area contributed by atoms with E-state index in [0.29, 0.717) is 10.0 Å². The number of nitrogens with zero attached hydrogens (tertiary/aromatic N) is 2. The number of hydrogen-bond donors (Lipinski definition) is 1. The third-order valence-electron chi connectivity index (χ3n) is 4.09. The van der Waals surface area contributed by atoms with Gasteiger partial charge in [0.05, 0.1) is 6.04 Å². The largest absolute Gasteiger partial charge is 0.331 e. The summed E-state index contributed by atoms with van der Waals surface area (Å²) < 4.78 is 0. The molecule has 0 unspecified atom stereocenters. The molecule has 1 atom stereocenters. The van der Waals surface area contributed by atoms with Gasteiger partial charge in [-0.2, -0.15) is 0 Å². The molecule has 4 nitrogen and oxygen atoms in total. The van der Waals surface area contributed by atoms with E-state index in [0.717, 1.165) is 44.7 Å². The Labute approximate surface area is 142 Å². The summed E-state index contributed by atoms with van der Waals surface area (Å²) in [4.78, 5) is 16.7. The van der Waals surface area contributed by atoms with Gasteiger partial charge < -0.3 is 15.1 Å². The third-order valence-corrected chi connectivity index (χ3v) is 4.67. The highest BCUT2D eigenvalue weighted by Gasteiger charge is 2.20. The molecule has 2 amide bonds. The number of likely N-dealkylation sites (N-methyl/N-ethyl adjacent to an activating group) is 1. The number of carbonyl (C=O) groups excluding carboxylic acids is 1. The Balaban J connectivity index is 1.97. The summed E-state index contributed by atoms with van der Waals surface area (Å²) in [7, 11) is 0. The van der Waals surface area contributed by atoms with Gasteiger partial charge in [-0.15, -0.1) is 0 Å². The van der Waals surface area contributed by atoms with Crippen LogP contribution in [0, 0.1) is 0 Å². The lowest BCUT2D eigenvalue weighted by atomic mass is 10.1. The summed E-state index contributed by atoms with van der Waals surface area (Å²) in [5, 5.41) is 4.26. The second kappa shape index (κ2) is 8.04. The van der Waals surface area contributed by atoms with Crippen molar-refractivity contribution in [3.8, 4) is 0 Å². The van der Waals surface area contributed by atoms with Crippen LogP contribution in [-0.4, -0.2) is 48.6 Å². The van der Waals surface area contributed by atoms with E-state index in [1.165, 1.54) is 0 Å². The monoisotopic (exact) mass is 343 g/mol. The van der Waals surface area contributed by atoms with Gasteiger partial charge in [-0.05, 0) is 50.2 Å². The van der Waals surface area contributed by atoms with Gasteiger partial charge >= 0.3 is 6.03 Å². The molecular weight excluding hydrogens is 321 g/mol. The molecule has 0 aliphatic carbocycles.